The Kier molecular flexibility index (Phi) is 40.7. The maximum Gasteiger partial charge on any atom is 0.0777 e. The zero-order valence-electron chi connectivity index (χ0n) is 11.0. The van der Waals surface area contributed by atoms with Crippen LogP contribution >= 0.6 is 0 Å². The summed E-state index contributed by atoms with van der Waals surface area (Å²) in [6.07, 6.45) is 0. The van der Waals surface area contributed by atoms with Crippen LogP contribution in [0.1, 0.15) is 0 Å². The second-order valence-corrected chi connectivity index (χ2v) is 4.75. The summed E-state index contributed by atoms with van der Waals surface area (Å²) in [4.78, 5) is 0. The van der Waals surface area contributed by atoms with E-state index in [1.165, 1.54) is 0 Å². The third-order valence-corrected chi connectivity index (χ3v) is 0. The van der Waals surface area contributed by atoms with Gasteiger partial charge in [0, 0.05) is 0 Å². The molecule has 160 valence electrons. The average molecular weight is 470 g/mol. The zero-order chi connectivity index (χ0) is 18.0. The Morgan fingerprint density at radius 3 is 0.292 bits per heavy atom. The van der Waals surface area contributed by atoms with Crippen LogP contribution in [0.25, 0.3) is 0 Å². The lowest BCUT2D eigenvalue weighted by Gasteiger charge is -2.03. The minimum Gasteiger partial charge on any atom is -0.344 e. The van der Waals surface area contributed by atoms with Crippen molar-refractivity contribution in [3.63, 3.8) is 0 Å². The fourth-order valence-electron chi connectivity index (χ4n) is 0. The van der Waals surface area contributed by atoms with E-state index in [-0.39, 0.29) is 24.6 Å². The van der Waals surface area contributed by atoms with E-state index in [1.807, 2.05) is 0 Å². The Morgan fingerprint density at radius 1 is 0.292 bits per heavy atom. The molecule has 0 aromatic heterocycles. The number of hydrogen-bond acceptors (Lipinski definition) is 20. The van der Waals surface area contributed by atoms with Crippen molar-refractivity contribution >= 4 is 0 Å². The predicted molar refractivity (Wildman–Crippen MR) is 29.0 cm³/mol. The Balaban J connectivity index is -0.0000000225. The van der Waals surface area contributed by atoms with Gasteiger partial charge >= 0.3 is 0 Å². The lowest BCUT2D eigenvalue weighted by Crippen LogP contribution is -2.58. The van der Waals surface area contributed by atoms with Gasteiger partial charge in [-0.3, -0.25) is 0 Å². The van der Waals surface area contributed by atoms with Crippen molar-refractivity contribution in [3.05, 3.63) is 0 Å². The van der Waals surface area contributed by atoms with E-state index < -0.39 is 41.0 Å². The third kappa shape index (κ3) is 78700. The molecule has 0 atom stereocenters. The van der Waals surface area contributed by atoms with E-state index >= 15 is 0 Å². The van der Waals surface area contributed by atoms with Crippen molar-refractivity contribution in [1.82, 2.24) is 24.6 Å². The van der Waals surface area contributed by atoms with E-state index in [2.05, 4.69) is 0 Å². The normalized spacial score (nSPS) is 10.0. The van der Waals surface area contributed by atoms with Gasteiger partial charge in [0.05, 0.1) is 59.6 Å². The molecule has 0 saturated heterocycles. The smallest absolute Gasteiger partial charge is 0.0777 e. The first-order chi connectivity index (χ1) is 8.00. The van der Waals surface area contributed by atoms with Gasteiger partial charge in [-0.25, -0.2) is 0 Å². The highest BCUT2D eigenvalue weighted by Gasteiger charge is 2.00. The van der Waals surface area contributed by atoms with Gasteiger partial charge in [0.25, 0.3) is 0 Å². The van der Waals surface area contributed by atoms with Gasteiger partial charge in [-0.15, -0.1) is 0 Å². The van der Waals surface area contributed by atoms with E-state index in [0.29, 0.717) is 0 Å². The maximum absolute atomic E-state index is 8.60. The molecule has 16 N–H and O–H groups in total. The van der Waals surface area contributed by atoms with E-state index in [1.54, 1.807) is 0 Å². The molecule has 0 aromatic carbocycles. The molecule has 0 aliphatic heterocycles. The van der Waals surface area contributed by atoms with Crippen molar-refractivity contribution in [1.29, 1.82) is 0 Å². The lowest BCUT2D eigenvalue weighted by molar-refractivity contribution is -1.92. The van der Waals surface area contributed by atoms with Gasteiger partial charge in [0.1, 0.15) is 0 Å². The first kappa shape index (κ1) is 49.7. The van der Waals surface area contributed by atoms with Gasteiger partial charge in [-0.1, -0.05) is 0 Å². The van der Waals surface area contributed by atoms with Gasteiger partial charge in [-0.05, 0) is 0 Å². The van der Waals surface area contributed by atoms with Crippen LogP contribution in [-0.2, 0) is 0 Å². The zero-order valence-corrected chi connectivity index (χ0v) is 14.1. The molecule has 0 saturated carbocycles. The fourth-order valence-corrected chi connectivity index (χ4v) is 0. The molecule has 0 unspecified atom stereocenters. The monoisotopic (exact) mass is 468 g/mol. The van der Waals surface area contributed by atoms with Gasteiger partial charge in [0.2, 0.25) is 0 Å². The van der Waals surface area contributed by atoms with E-state index in [9.17, 15) is 0 Å². The van der Waals surface area contributed by atoms with Gasteiger partial charge in [-0.2, -0.15) is 55.9 Å². The molecular weight excluding hydrogens is 454 g/mol. The largest absolute Gasteiger partial charge is 0.344 e. The van der Waals surface area contributed by atoms with Crippen molar-refractivity contribution in [2.24, 2.45) is 0 Å². The minimum atomic E-state index is -4.69. The second kappa shape index (κ2) is 19.7. The Hall–Kier alpha value is 0.360. The summed E-state index contributed by atoms with van der Waals surface area (Å²) < 4.78 is 131. The Labute approximate surface area is 140 Å². The van der Waals surface area contributed by atoms with Crippen LogP contribution in [-0.4, -0.2) is 18.6 Å². The van der Waals surface area contributed by atoms with Crippen LogP contribution in [0.2, 0.25) is 0 Å². The molecule has 0 fully saturated rings. The van der Waals surface area contributed by atoms with Crippen LogP contribution in [0, 0.1) is 41.0 Å². The third-order valence-electron chi connectivity index (χ3n) is 0. The predicted octanol–water partition coefficient (Wildman–Crippen LogP) is -15.8. The SMILES string of the molecule is N.N.N.N.[O-][Cl+3]([O-])([O-])O.[O-][Cl+3]([O-])([O-])O.[O-][Cl+3]([O-])([O-])O.[O-][Cl+3]([O-])([O-])O. The average Bonchev–Trinajstić information content (AvgIpc) is 1.62. The topological polar surface area (TPSA) is 498 Å². The summed E-state index contributed by atoms with van der Waals surface area (Å²) in [6.45, 7) is 0. The highest BCUT2D eigenvalue weighted by Crippen LogP contribution is 1.62. The van der Waals surface area contributed by atoms with Crippen molar-refractivity contribution in [2.45, 2.75) is 0 Å². The highest BCUT2D eigenvalue weighted by atomic mass is 35.7. The van der Waals surface area contributed by atoms with Crippen LogP contribution in [0.3, 0.4) is 0 Å². The Morgan fingerprint density at radius 2 is 0.292 bits per heavy atom. The molecule has 24 heavy (non-hydrogen) atoms. The number of rotatable bonds is 0. The van der Waals surface area contributed by atoms with Crippen LogP contribution in [0.4, 0.5) is 0 Å². The summed E-state index contributed by atoms with van der Waals surface area (Å²) in [5.74, 6) is 0. The molecule has 0 aliphatic rings. The molecule has 24 heteroatoms. The van der Waals surface area contributed by atoms with Crippen LogP contribution < -0.4 is 80.5 Å². The molecule has 0 heterocycles. The van der Waals surface area contributed by atoms with Gasteiger partial charge in [0.15, 0.2) is 0 Å². The van der Waals surface area contributed by atoms with Crippen LogP contribution in [0.15, 0.2) is 0 Å². The molecule has 0 radical (unpaired) electrons. The fraction of sp³-hybridized carbons (Fsp3) is 0. The summed E-state index contributed by atoms with van der Waals surface area (Å²) in [7, 11) is -18.8. The molecule has 0 spiro atoms. The quantitative estimate of drug-likeness (QED) is 0.163. The Bertz CT molecular complexity index is 140. The summed E-state index contributed by atoms with van der Waals surface area (Å²) in [5, 5.41) is 0. The molecule has 0 amide bonds. The molecule has 0 aromatic rings. The van der Waals surface area contributed by atoms with Crippen molar-refractivity contribution < 1.29 is 116 Å². The van der Waals surface area contributed by atoms with E-state index in [0.717, 1.165) is 0 Å². The minimum absolute atomic E-state index is 0. The molecular formula is H16Cl4N4O16. The first-order valence-electron chi connectivity index (χ1n) is 2.53. The molecule has 20 nitrogen and oxygen atoms in total. The van der Waals surface area contributed by atoms with Crippen molar-refractivity contribution in [3.8, 4) is 0 Å². The summed E-state index contributed by atoms with van der Waals surface area (Å²) in [5.41, 5.74) is 0. The van der Waals surface area contributed by atoms with Crippen LogP contribution in [0.5, 0.6) is 0 Å². The number of halogens is 4. The standard InChI is InChI=1S/4ClHO4.4H3N/c4*2-1(3,4)5;;;;/h4*(H,2,3,4,5);4*1H3. The summed E-state index contributed by atoms with van der Waals surface area (Å²) >= 11 is 0. The first-order valence-corrected chi connectivity index (χ1v) is 7.58. The number of hydrogen-bond donors (Lipinski definition) is 8. The maximum atomic E-state index is 8.60. The summed E-state index contributed by atoms with van der Waals surface area (Å²) in [6, 6.07) is 0. The molecule has 0 rings (SSSR count). The van der Waals surface area contributed by atoms with Gasteiger partial charge < -0.3 is 24.6 Å². The van der Waals surface area contributed by atoms with Crippen molar-refractivity contribution in [2.75, 3.05) is 0 Å². The molecule has 0 bridgehead atoms. The highest BCUT2D eigenvalue weighted by molar-refractivity contribution is 2.17. The van der Waals surface area contributed by atoms with E-state index in [4.69, 9.17) is 74.5 Å². The lowest BCUT2D eigenvalue weighted by atomic mass is 14.0. The second-order valence-electron chi connectivity index (χ2n) is 1.58. The molecule has 0 aliphatic carbocycles.